The molecule has 0 unspecified atom stereocenters. The zero-order valence-corrected chi connectivity index (χ0v) is 9.92. The fourth-order valence-electron chi connectivity index (χ4n) is 1.18. The van der Waals surface area contributed by atoms with Crippen molar-refractivity contribution in [1.29, 1.82) is 0 Å². The van der Waals surface area contributed by atoms with Crippen molar-refractivity contribution in [3.05, 3.63) is 12.4 Å². The molecule has 1 aromatic heterocycles. The van der Waals surface area contributed by atoms with E-state index in [0.29, 0.717) is 13.0 Å². The molecule has 0 saturated carbocycles. The molecule has 6 heteroatoms. The van der Waals surface area contributed by atoms with Crippen LogP contribution in [0.1, 0.15) is 13.3 Å². The van der Waals surface area contributed by atoms with Crippen LogP contribution in [0.3, 0.4) is 0 Å². The van der Waals surface area contributed by atoms with Gasteiger partial charge in [-0.1, -0.05) is 6.92 Å². The topological polar surface area (TPSA) is 64.0 Å². The number of nitrogens with zero attached hydrogens (tertiary/aromatic N) is 2. The number of hydrogen-bond donors (Lipinski definition) is 1. The predicted molar refractivity (Wildman–Crippen MR) is 60.6 cm³/mol. The Bertz CT molecular complexity index is 397. The minimum atomic E-state index is -2.83. The molecule has 0 fully saturated rings. The number of aryl methyl sites for hydroxylation is 1. The molecule has 1 N–H and O–H groups in total. The fraction of sp³-hybridized carbons (Fsp3) is 0.667. The van der Waals surface area contributed by atoms with E-state index in [0.717, 1.165) is 5.69 Å². The van der Waals surface area contributed by atoms with Crippen molar-refractivity contribution < 1.29 is 8.42 Å². The highest BCUT2D eigenvalue weighted by Gasteiger charge is 2.06. The highest BCUT2D eigenvalue weighted by molar-refractivity contribution is 7.91. The fourth-order valence-corrected chi connectivity index (χ4v) is 2.05. The van der Waals surface area contributed by atoms with Gasteiger partial charge in [-0.2, -0.15) is 5.10 Å². The monoisotopic (exact) mass is 231 g/mol. The van der Waals surface area contributed by atoms with Gasteiger partial charge in [0.15, 0.2) is 0 Å². The molecule has 15 heavy (non-hydrogen) atoms. The molecule has 0 bridgehead atoms. The van der Waals surface area contributed by atoms with Gasteiger partial charge in [-0.25, -0.2) is 8.42 Å². The van der Waals surface area contributed by atoms with E-state index >= 15 is 0 Å². The Morgan fingerprint density at radius 2 is 2.27 bits per heavy atom. The lowest BCUT2D eigenvalue weighted by Crippen LogP contribution is -2.12. The molecule has 0 aliphatic heterocycles. The number of aromatic nitrogens is 2. The van der Waals surface area contributed by atoms with Gasteiger partial charge in [0.2, 0.25) is 0 Å². The van der Waals surface area contributed by atoms with E-state index < -0.39 is 9.84 Å². The molecule has 0 aromatic carbocycles. The van der Waals surface area contributed by atoms with E-state index in [1.54, 1.807) is 17.8 Å². The first-order valence-corrected chi connectivity index (χ1v) is 6.78. The molecule has 0 spiro atoms. The molecule has 0 amide bonds. The van der Waals surface area contributed by atoms with Crippen molar-refractivity contribution in [1.82, 2.24) is 9.78 Å². The molecular formula is C9H17N3O2S. The van der Waals surface area contributed by atoms with Gasteiger partial charge in [-0.15, -0.1) is 0 Å². The number of anilines is 1. The number of hydrogen-bond acceptors (Lipinski definition) is 4. The summed E-state index contributed by atoms with van der Waals surface area (Å²) in [6.07, 6.45) is 4.20. The van der Waals surface area contributed by atoms with Crippen LogP contribution in [-0.2, 0) is 16.9 Å². The normalized spacial score (nSPS) is 11.6. The van der Waals surface area contributed by atoms with Crippen molar-refractivity contribution in [2.45, 2.75) is 13.3 Å². The zero-order chi connectivity index (χ0) is 11.3. The van der Waals surface area contributed by atoms with E-state index in [9.17, 15) is 8.42 Å². The molecule has 0 aliphatic carbocycles. The third kappa shape index (κ3) is 4.33. The lowest BCUT2D eigenvalue weighted by molar-refractivity contribution is 0.595. The molecule has 1 aromatic rings. The maximum Gasteiger partial charge on any atom is 0.150 e. The predicted octanol–water partition coefficient (Wildman–Crippen LogP) is 0.657. The molecule has 0 atom stereocenters. The molecule has 0 aliphatic rings. The Morgan fingerprint density at radius 1 is 1.53 bits per heavy atom. The summed E-state index contributed by atoms with van der Waals surface area (Å²) in [7, 11) is -0.990. The van der Waals surface area contributed by atoms with Crippen LogP contribution in [0.5, 0.6) is 0 Å². The van der Waals surface area contributed by atoms with Gasteiger partial charge < -0.3 is 5.32 Å². The zero-order valence-electron chi connectivity index (χ0n) is 9.10. The van der Waals surface area contributed by atoms with Crippen LogP contribution in [0.15, 0.2) is 12.4 Å². The average molecular weight is 231 g/mol. The van der Waals surface area contributed by atoms with Crippen molar-refractivity contribution >= 4 is 15.5 Å². The lowest BCUT2D eigenvalue weighted by Gasteiger charge is -2.03. The Balaban J connectivity index is 2.23. The summed E-state index contributed by atoms with van der Waals surface area (Å²) in [4.78, 5) is 0. The van der Waals surface area contributed by atoms with Crippen molar-refractivity contribution in [3.8, 4) is 0 Å². The standard InChI is InChI=1S/C9H17N3O2S/c1-3-15(13,14)6-4-5-10-9-7-11-12(2)8-9/h7-8,10H,3-6H2,1-2H3. The van der Waals surface area contributed by atoms with E-state index in [-0.39, 0.29) is 11.5 Å². The van der Waals surface area contributed by atoms with E-state index in [1.807, 2.05) is 13.2 Å². The summed E-state index contributed by atoms with van der Waals surface area (Å²) in [6, 6.07) is 0. The van der Waals surface area contributed by atoms with Crippen molar-refractivity contribution in [2.24, 2.45) is 7.05 Å². The summed E-state index contributed by atoms with van der Waals surface area (Å²) in [5.41, 5.74) is 0.923. The second kappa shape index (κ2) is 5.16. The van der Waals surface area contributed by atoms with Crippen LogP contribution >= 0.6 is 0 Å². The van der Waals surface area contributed by atoms with Gasteiger partial charge in [0.25, 0.3) is 0 Å². The van der Waals surface area contributed by atoms with Crippen molar-refractivity contribution in [2.75, 3.05) is 23.4 Å². The first-order valence-electron chi connectivity index (χ1n) is 4.96. The summed E-state index contributed by atoms with van der Waals surface area (Å²) >= 11 is 0. The molecule has 5 nitrogen and oxygen atoms in total. The van der Waals surface area contributed by atoms with Gasteiger partial charge in [-0.05, 0) is 6.42 Å². The second-order valence-electron chi connectivity index (χ2n) is 3.42. The maximum atomic E-state index is 11.2. The van der Waals surface area contributed by atoms with E-state index in [1.165, 1.54) is 0 Å². The van der Waals surface area contributed by atoms with Gasteiger partial charge >= 0.3 is 0 Å². The minimum Gasteiger partial charge on any atom is -0.382 e. The molecule has 0 radical (unpaired) electrons. The van der Waals surface area contributed by atoms with Crippen LogP contribution in [-0.4, -0.2) is 36.2 Å². The van der Waals surface area contributed by atoms with Crippen LogP contribution in [0.25, 0.3) is 0 Å². The minimum absolute atomic E-state index is 0.222. The maximum absolute atomic E-state index is 11.2. The third-order valence-electron chi connectivity index (χ3n) is 2.11. The van der Waals surface area contributed by atoms with Crippen LogP contribution in [0.2, 0.25) is 0 Å². The molecule has 1 rings (SSSR count). The van der Waals surface area contributed by atoms with Gasteiger partial charge in [-0.3, -0.25) is 4.68 Å². The van der Waals surface area contributed by atoms with Crippen LogP contribution in [0.4, 0.5) is 5.69 Å². The van der Waals surface area contributed by atoms with Gasteiger partial charge in [0, 0.05) is 25.5 Å². The first-order chi connectivity index (χ1) is 7.03. The highest BCUT2D eigenvalue weighted by atomic mass is 32.2. The summed E-state index contributed by atoms with van der Waals surface area (Å²) in [5, 5.41) is 7.11. The summed E-state index contributed by atoms with van der Waals surface area (Å²) < 4.78 is 24.0. The van der Waals surface area contributed by atoms with Gasteiger partial charge in [0.05, 0.1) is 17.6 Å². The second-order valence-corrected chi connectivity index (χ2v) is 5.89. The number of nitrogens with one attached hydrogen (secondary N) is 1. The number of sulfone groups is 1. The lowest BCUT2D eigenvalue weighted by atomic mass is 10.4. The quantitative estimate of drug-likeness (QED) is 0.730. The molecular weight excluding hydrogens is 214 g/mol. The van der Waals surface area contributed by atoms with Crippen LogP contribution in [0, 0.1) is 0 Å². The van der Waals surface area contributed by atoms with E-state index in [4.69, 9.17) is 0 Å². The Labute approximate surface area is 90.4 Å². The summed E-state index contributed by atoms with van der Waals surface area (Å²) in [6.45, 7) is 2.33. The first kappa shape index (κ1) is 12.0. The Hall–Kier alpha value is -1.04. The Kier molecular flexibility index (Phi) is 4.14. The number of rotatable bonds is 6. The van der Waals surface area contributed by atoms with Gasteiger partial charge in [0.1, 0.15) is 9.84 Å². The SMILES string of the molecule is CCS(=O)(=O)CCCNc1cnn(C)c1. The smallest absolute Gasteiger partial charge is 0.150 e. The Morgan fingerprint density at radius 3 is 2.80 bits per heavy atom. The van der Waals surface area contributed by atoms with Crippen LogP contribution < -0.4 is 5.32 Å². The average Bonchev–Trinajstić information content (AvgIpc) is 2.59. The molecule has 1 heterocycles. The largest absolute Gasteiger partial charge is 0.382 e. The summed E-state index contributed by atoms with van der Waals surface area (Å²) in [5.74, 6) is 0.469. The highest BCUT2D eigenvalue weighted by Crippen LogP contribution is 2.03. The van der Waals surface area contributed by atoms with E-state index in [2.05, 4.69) is 10.4 Å². The van der Waals surface area contributed by atoms with Crippen molar-refractivity contribution in [3.63, 3.8) is 0 Å². The molecule has 86 valence electrons. The third-order valence-corrected chi connectivity index (χ3v) is 3.90. The molecule has 0 saturated heterocycles.